The number of carbonyl (C=O) groups excluding carboxylic acids is 1. The van der Waals surface area contributed by atoms with Gasteiger partial charge in [-0.15, -0.1) is 0 Å². The molecule has 4 unspecified atom stereocenters. The molecule has 3 aliphatic rings. The van der Waals surface area contributed by atoms with Crippen LogP contribution < -0.4 is 13.8 Å². The Balaban J connectivity index is 1.56. The molecule has 0 aliphatic carbocycles. The fraction of sp³-hybridized carbons (Fsp3) is 0.412. The van der Waals surface area contributed by atoms with Crippen molar-refractivity contribution >= 4 is 27.7 Å². The summed E-state index contributed by atoms with van der Waals surface area (Å²) in [4.78, 5) is 37.7. The number of likely N-dealkylation sites (tertiary alicyclic amines) is 1. The lowest BCUT2D eigenvalue weighted by molar-refractivity contribution is -0.122. The number of nitrogens with zero attached hydrogens (tertiary/aromatic N) is 6. The van der Waals surface area contributed by atoms with E-state index in [-0.39, 0.29) is 35.7 Å². The van der Waals surface area contributed by atoms with E-state index in [1.165, 1.54) is 31.4 Å². The minimum atomic E-state index is -4.44. The molecule has 3 aliphatic heterocycles. The smallest absolute Gasteiger partial charge is 0.407 e. The van der Waals surface area contributed by atoms with Crippen molar-refractivity contribution in [3.63, 3.8) is 0 Å². The van der Waals surface area contributed by atoms with Crippen molar-refractivity contribution in [1.82, 2.24) is 19.7 Å². The van der Waals surface area contributed by atoms with Gasteiger partial charge in [-0.05, 0) is 81.9 Å². The molecular weight excluding hydrogens is 636 g/mol. The molecule has 0 saturated carbocycles. The van der Waals surface area contributed by atoms with Gasteiger partial charge in [0.25, 0.3) is 15.9 Å². The molecule has 14 heteroatoms. The Hall–Kier alpha value is -4.71. The van der Waals surface area contributed by atoms with Gasteiger partial charge < -0.3 is 19.5 Å². The van der Waals surface area contributed by atoms with Crippen LogP contribution in [-0.4, -0.2) is 104 Å². The predicted octanol–water partition coefficient (Wildman–Crippen LogP) is 3.70. The summed E-state index contributed by atoms with van der Waals surface area (Å²) in [5.41, 5.74) is 1.05. The number of carboxylic acid groups (broad SMARTS) is 1. The fourth-order valence-corrected chi connectivity index (χ4v) is 8.83. The number of piperazine rings is 1. The number of pyridine rings is 1. The zero-order valence-corrected chi connectivity index (χ0v) is 27.8. The minimum Gasteiger partial charge on any atom is -0.497 e. The lowest BCUT2D eigenvalue weighted by Crippen LogP contribution is -2.66. The van der Waals surface area contributed by atoms with Crippen LogP contribution >= 0.6 is 0 Å². The largest absolute Gasteiger partial charge is 0.497 e. The number of nitriles is 1. The Bertz CT molecular complexity index is 1820. The Labute approximate surface area is 279 Å². The average molecular weight is 675 g/mol. The van der Waals surface area contributed by atoms with E-state index in [0.29, 0.717) is 29.7 Å². The van der Waals surface area contributed by atoms with Crippen LogP contribution in [0.4, 0.5) is 10.5 Å². The molecule has 4 atom stereocenters. The van der Waals surface area contributed by atoms with Gasteiger partial charge in [0, 0.05) is 17.8 Å². The normalized spacial score (nSPS) is 23.8. The molecule has 2 amide bonds. The van der Waals surface area contributed by atoms with Crippen LogP contribution in [-0.2, 0) is 14.8 Å². The minimum absolute atomic E-state index is 0.120. The Morgan fingerprint density at radius 3 is 2.40 bits per heavy atom. The highest BCUT2D eigenvalue weighted by atomic mass is 32.2. The number of hydrogen-bond donors (Lipinski definition) is 1. The third kappa shape index (κ3) is 5.72. The van der Waals surface area contributed by atoms with Crippen LogP contribution in [0.15, 0.2) is 71.8 Å². The van der Waals surface area contributed by atoms with Crippen molar-refractivity contribution in [2.75, 3.05) is 44.7 Å². The number of hydrogen-bond acceptors (Lipinski definition) is 10. The quantitative estimate of drug-likeness (QED) is 0.372. The standard InChI is InChI=1S/C34H38N6O7S/c1-4-47-32-27(9-7-17-36-32)30-31(38(34(42)43)21-23(20-35)39(30)22-15-18-37(2)19-16-22)29-26-8-5-6-10-28(26)40(33(29)41)48(44,45)25-13-11-24(46-3)12-14-25/h5-14,17,22-23,29-31H,4,15-16,18-19,21H2,1-3H3,(H,42,43). The number of para-hydroxylation sites is 1. The Kier molecular flexibility index (Phi) is 9.28. The summed E-state index contributed by atoms with van der Waals surface area (Å²) < 4.78 is 40.4. The number of benzene rings is 2. The molecule has 0 radical (unpaired) electrons. The summed E-state index contributed by atoms with van der Waals surface area (Å²) in [6, 6.07) is 15.2. The molecule has 13 nitrogen and oxygen atoms in total. The summed E-state index contributed by atoms with van der Waals surface area (Å²) in [6.07, 6.45) is 1.67. The van der Waals surface area contributed by atoms with Gasteiger partial charge in [0.05, 0.1) is 54.9 Å². The van der Waals surface area contributed by atoms with Crippen LogP contribution in [0.2, 0.25) is 0 Å². The zero-order chi connectivity index (χ0) is 34.2. The summed E-state index contributed by atoms with van der Waals surface area (Å²) in [6.45, 7) is 3.43. The second-order valence-corrected chi connectivity index (χ2v) is 13.9. The van der Waals surface area contributed by atoms with Gasteiger partial charge in [0.15, 0.2) is 0 Å². The maximum Gasteiger partial charge on any atom is 0.407 e. The summed E-state index contributed by atoms with van der Waals surface area (Å²) in [7, 11) is -0.941. The predicted molar refractivity (Wildman–Crippen MR) is 175 cm³/mol. The number of anilines is 1. The Morgan fingerprint density at radius 2 is 1.75 bits per heavy atom. The van der Waals surface area contributed by atoms with E-state index in [9.17, 15) is 28.4 Å². The highest BCUT2D eigenvalue weighted by Crippen LogP contribution is 2.51. The topological polar surface area (TPSA) is 157 Å². The van der Waals surface area contributed by atoms with Crippen molar-refractivity contribution in [2.45, 2.75) is 54.7 Å². The maximum absolute atomic E-state index is 14.8. The lowest BCUT2D eigenvalue weighted by Gasteiger charge is -2.54. The van der Waals surface area contributed by atoms with Gasteiger partial charge in [-0.3, -0.25) is 14.6 Å². The molecule has 0 spiro atoms. The lowest BCUT2D eigenvalue weighted by atomic mass is 9.79. The number of piperidine rings is 1. The van der Waals surface area contributed by atoms with E-state index in [1.54, 1.807) is 42.6 Å². The number of aromatic nitrogens is 1. The van der Waals surface area contributed by atoms with E-state index < -0.39 is 46.1 Å². The first-order valence-corrected chi connectivity index (χ1v) is 17.3. The number of sulfonamides is 1. The van der Waals surface area contributed by atoms with Crippen molar-refractivity contribution in [2.24, 2.45) is 0 Å². The van der Waals surface area contributed by atoms with Crippen molar-refractivity contribution in [3.8, 4) is 17.7 Å². The third-order valence-corrected chi connectivity index (χ3v) is 11.3. The molecule has 48 heavy (non-hydrogen) atoms. The first-order chi connectivity index (χ1) is 23.1. The second-order valence-electron chi connectivity index (χ2n) is 12.1. The number of ether oxygens (including phenoxy) is 2. The van der Waals surface area contributed by atoms with E-state index >= 15 is 0 Å². The number of rotatable bonds is 8. The summed E-state index contributed by atoms with van der Waals surface area (Å²) in [5, 5.41) is 21.3. The van der Waals surface area contributed by atoms with Crippen LogP contribution in [0, 0.1) is 11.3 Å². The summed E-state index contributed by atoms with van der Waals surface area (Å²) in [5.74, 6) is -1.31. The first kappa shape index (κ1) is 33.2. The van der Waals surface area contributed by atoms with E-state index in [0.717, 1.165) is 22.3 Å². The molecule has 4 heterocycles. The number of methoxy groups -OCH3 is 1. The molecule has 2 fully saturated rings. The number of fused-ring (bicyclic) bond motifs is 1. The SMILES string of the molecule is CCOc1ncccc1C1C(C2C(=O)N(S(=O)(=O)c3ccc(OC)cc3)c3ccccc32)N(C(=O)O)CC(C#N)N1C1CCN(C)CC1. The van der Waals surface area contributed by atoms with Gasteiger partial charge in [0.2, 0.25) is 5.88 Å². The van der Waals surface area contributed by atoms with Crippen molar-refractivity contribution in [3.05, 3.63) is 78.0 Å². The molecule has 1 N–H and O–H groups in total. The molecule has 0 bridgehead atoms. The average Bonchev–Trinajstić information content (AvgIpc) is 3.40. The molecule has 252 valence electrons. The van der Waals surface area contributed by atoms with Crippen molar-refractivity contribution in [1.29, 1.82) is 5.26 Å². The fourth-order valence-electron chi connectivity index (χ4n) is 7.37. The first-order valence-electron chi connectivity index (χ1n) is 15.9. The van der Waals surface area contributed by atoms with Crippen LogP contribution in [0.25, 0.3) is 0 Å². The summed E-state index contributed by atoms with van der Waals surface area (Å²) >= 11 is 0. The van der Waals surface area contributed by atoms with E-state index in [2.05, 4.69) is 16.0 Å². The molecule has 3 aromatic rings. The van der Waals surface area contributed by atoms with Gasteiger partial charge >= 0.3 is 6.09 Å². The van der Waals surface area contributed by atoms with E-state index in [4.69, 9.17) is 9.47 Å². The third-order valence-electron chi connectivity index (χ3n) is 9.53. The molecule has 6 rings (SSSR count). The monoisotopic (exact) mass is 674 g/mol. The Morgan fingerprint density at radius 1 is 1.06 bits per heavy atom. The van der Waals surface area contributed by atoms with Crippen molar-refractivity contribution < 1.29 is 32.6 Å². The molecule has 1 aromatic heterocycles. The number of amides is 2. The second kappa shape index (κ2) is 13.4. The molecule has 2 saturated heterocycles. The van der Waals surface area contributed by atoms with Gasteiger partial charge in [-0.2, -0.15) is 5.26 Å². The van der Waals surface area contributed by atoms with Crippen LogP contribution in [0.5, 0.6) is 11.6 Å². The van der Waals surface area contributed by atoms with Gasteiger partial charge in [0.1, 0.15) is 11.8 Å². The van der Waals surface area contributed by atoms with Gasteiger partial charge in [-0.25, -0.2) is 22.5 Å². The zero-order valence-electron chi connectivity index (χ0n) is 27.0. The number of carbonyl (C=O) groups is 2. The maximum atomic E-state index is 14.8. The van der Waals surface area contributed by atoms with Crippen LogP contribution in [0.1, 0.15) is 42.9 Å². The van der Waals surface area contributed by atoms with Gasteiger partial charge in [-0.1, -0.05) is 24.3 Å². The van der Waals surface area contributed by atoms with E-state index in [1.807, 2.05) is 18.9 Å². The molecule has 2 aromatic carbocycles. The highest BCUT2D eigenvalue weighted by molar-refractivity contribution is 7.93. The molecular formula is C34H38N6O7S. The van der Waals surface area contributed by atoms with Crippen LogP contribution in [0.3, 0.4) is 0 Å². The highest BCUT2D eigenvalue weighted by Gasteiger charge is 2.57.